The molecule has 1 saturated heterocycles. The van der Waals surface area contributed by atoms with Gasteiger partial charge in [0.2, 0.25) is 11.8 Å². The molecule has 182 valence electrons. The fraction of sp³-hybridized carbons (Fsp3) is 0.286. The average molecular weight is 474 g/mol. The van der Waals surface area contributed by atoms with E-state index in [1.165, 1.54) is 0 Å². The van der Waals surface area contributed by atoms with Crippen molar-refractivity contribution in [1.82, 2.24) is 5.32 Å². The van der Waals surface area contributed by atoms with Gasteiger partial charge < -0.3 is 20.1 Å². The molecule has 1 aliphatic rings. The highest BCUT2D eigenvalue weighted by atomic mass is 16.5. The van der Waals surface area contributed by atoms with Gasteiger partial charge in [0.25, 0.3) is 0 Å². The molecule has 0 aliphatic carbocycles. The summed E-state index contributed by atoms with van der Waals surface area (Å²) in [7, 11) is 1.66. The van der Waals surface area contributed by atoms with Gasteiger partial charge in [0.05, 0.1) is 13.2 Å². The summed E-state index contributed by atoms with van der Waals surface area (Å²) in [6, 6.07) is 22.6. The molecule has 0 aromatic heterocycles. The number of ether oxygens (including phenoxy) is 2. The zero-order chi connectivity index (χ0) is 24.6. The number of rotatable bonds is 9. The molecule has 1 unspecified atom stereocenters. The summed E-state index contributed by atoms with van der Waals surface area (Å²) in [4.78, 5) is 27.9. The van der Waals surface area contributed by atoms with Gasteiger partial charge in [0.1, 0.15) is 11.8 Å². The van der Waals surface area contributed by atoms with E-state index in [2.05, 4.69) is 10.6 Å². The van der Waals surface area contributed by atoms with Crippen molar-refractivity contribution in [2.24, 2.45) is 0 Å². The minimum atomic E-state index is -0.686. The molecule has 7 heteroatoms. The first-order chi connectivity index (χ1) is 17.1. The molecule has 7 nitrogen and oxygen atoms in total. The Morgan fingerprint density at radius 2 is 1.83 bits per heavy atom. The van der Waals surface area contributed by atoms with Crippen LogP contribution in [-0.4, -0.2) is 51.3 Å². The third-order valence-corrected chi connectivity index (χ3v) is 5.93. The lowest BCUT2D eigenvalue weighted by molar-refractivity contribution is -0.124. The fourth-order valence-corrected chi connectivity index (χ4v) is 4.11. The van der Waals surface area contributed by atoms with Crippen molar-refractivity contribution in [2.75, 3.05) is 43.6 Å². The van der Waals surface area contributed by atoms with Crippen molar-refractivity contribution < 1.29 is 19.1 Å². The summed E-state index contributed by atoms with van der Waals surface area (Å²) in [5.41, 5.74) is 4.34. The molecule has 0 bridgehead atoms. The van der Waals surface area contributed by atoms with Crippen LogP contribution in [0.4, 0.5) is 11.4 Å². The van der Waals surface area contributed by atoms with Gasteiger partial charge in [-0.1, -0.05) is 48.5 Å². The molecule has 2 amide bonds. The molecular formula is C28H31N3O4. The number of methoxy groups -OCH3 is 1. The maximum Gasteiger partial charge on any atom is 0.248 e. The second kappa shape index (κ2) is 11.6. The number of nitrogens with one attached hydrogen (secondary N) is 2. The van der Waals surface area contributed by atoms with Crippen molar-refractivity contribution in [1.29, 1.82) is 0 Å². The molecular weight excluding hydrogens is 442 g/mol. The second-order valence-electron chi connectivity index (χ2n) is 8.49. The second-order valence-corrected chi connectivity index (χ2v) is 8.49. The Kier molecular flexibility index (Phi) is 8.13. The Balaban J connectivity index is 1.53. The molecule has 4 rings (SSSR count). The van der Waals surface area contributed by atoms with E-state index in [1.54, 1.807) is 12.0 Å². The summed E-state index contributed by atoms with van der Waals surface area (Å²) in [6.07, 6.45) is 0.777. The fourth-order valence-electron chi connectivity index (χ4n) is 4.11. The van der Waals surface area contributed by atoms with Crippen LogP contribution in [0.3, 0.4) is 0 Å². The van der Waals surface area contributed by atoms with E-state index >= 15 is 0 Å². The minimum absolute atomic E-state index is 0.146. The quantitative estimate of drug-likeness (QED) is 0.459. The van der Waals surface area contributed by atoms with Gasteiger partial charge in [-0.05, 0) is 41.8 Å². The molecule has 3 aromatic rings. The van der Waals surface area contributed by atoms with E-state index in [1.807, 2.05) is 79.7 Å². The van der Waals surface area contributed by atoms with Gasteiger partial charge in [-0.3, -0.25) is 14.5 Å². The number of nitrogens with zero attached hydrogens (tertiary/aromatic N) is 1. The lowest BCUT2D eigenvalue weighted by atomic mass is 10.0. The number of hydrogen-bond acceptors (Lipinski definition) is 5. The molecule has 2 N–H and O–H groups in total. The number of aryl methyl sites for hydroxylation is 1. The number of anilines is 2. The number of carbonyl (C=O) groups is 2. The van der Waals surface area contributed by atoms with Gasteiger partial charge >= 0.3 is 0 Å². The first kappa shape index (κ1) is 24.4. The molecule has 1 fully saturated rings. The van der Waals surface area contributed by atoms with E-state index in [0.29, 0.717) is 36.9 Å². The number of piperazine rings is 1. The number of amides is 2. The molecule has 3 aromatic carbocycles. The molecule has 1 heterocycles. The van der Waals surface area contributed by atoms with E-state index in [-0.39, 0.29) is 18.4 Å². The van der Waals surface area contributed by atoms with E-state index in [0.717, 1.165) is 23.1 Å². The Morgan fingerprint density at radius 3 is 2.63 bits per heavy atom. The highest BCUT2D eigenvalue weighted by Crippen LogP contribution is 2.28. The Labute approximate surface area is 206 Å². The summed E-state index contributed by atoms with van der Waals surface area (Å²) < 4.78 is 10.9. The van der Waals surface area contributed by atoms with Gasteiger partial charge in [0.15, 0.2) is 0 Å². The Hall–Kier alpha value is -3.68. The number of hydrogen-bond donors (Lipinski definition) is 2. The summed E-state index contributed by atoms with van der Waals surface area (Å²) >= 11 is 0. The van der Waals surface area contributed by atoms with Crippen molar-refractivity contribution >= 4 is 23.2 Å². The normalized spacial score (nSPS) is 15.7. The van der Waals surface area contributed by atoms with Crippen LogP contribution in [0.2, 0.25) is 0 Å². The van der Waals surface area contributed by atoms with Crippen LogP contribution in [0.1, 0.15) is 12.0 Å². The van der Waals surface area contributed by atoms with E-state index in [9.17, 15) is 9.59 Å². The van der Waals surface area contributed by atoms with Crippen molar-refractivity contribution in [3.63, 3.8) is 0 Å². The smallest absolute Gasteiger partial charge is 0.248 e. The van der Waals surface area contributed by atoms with Crippen LogP contribution < -0.4 is 20.3 Å². The average Bonchev–Trinajstić information content (AvgIpc) is 2.88. The monoisotopic (exact) mass is 473 g/mol. The number of benzene rings is 3. The lowest BCUT2D eigenvalue weighted by Gasteiger charge is -2.35. The Morgan fingerprint density at radius 1 is 1.03 bits per heavy atom. The standard InChI is InChI=1S/C28H31N3O4/c1-20-12-13-23(17-26(20)35-15-7-14-34-2)30-28(33)25-18-29-19-27(32)31(25)24-11-6-10-22(16-24)21-8-4-3-5-9-21/h3-6,8-13,16-17,25,29H,7,14-15,18-19H2,1-2H3,(H,30,33). The van der Waals surface area contributed by atoms with Crippen LogP contribution in [0.25, 0.3) is 11.1 Å². The summed E-state index contributed by atoms with van der Waals surface area (Å²) in [6.45, 7) is 3.66. The maximum atomic E-state index is 13.3. The van der Waals surface area contributed by atoms with Crippen molar-refractivity contribution in [3.8, 4) is 16.9 Å². The van der Waals surface area contributed by atoms with Crippen LogP contribution in [0, 0.1) is 6.92 Å². The van der Waals surface area contributed by atoms with Gasteiger partial charge in [-0.2, -0.15) is 0 Å². The first-order valence-electron chi connectivity index (χ1n) is 11.8. The topological polar surface area (TPSA) is 79.9 Å². The predicted molar refractivity (Wildman–Crippen MR) is 138 cm³/mol. The van der Waals surface area contributed by atoms with Crippen LogP contribution in [-0.2, 0) is 14.3 Å². The minimum Gasteiger partial charge on any atom is -0.493 e. The molecule has 0 spiro atoms. The summed E-state index contributed by atoms with van der Waals surface area (Å²) in [5, 5.41) is 6.04. The van der Waals surface area contributed by atoms with Crippen molar-refractivity contribution in [2.45, 2.75) is 19.4 Å². The van der Waals surface area contributed by atoms with Gasteiger partial charge in [-0.25, -0.2) is 0 Å². The zero-order valence-electron chi connectivity index (χ0n) is 20.1. The third-order valence-electron chi connectivity index (χ3n) is 5.93. The predicted octanol–water partition coefficient (Wildman–Crippen LogP) is 4.02. The van der Waals surface area contributed by atoms with Crippen LogP contribution in [0.15, 0.2) is 72.8 Å². The molecule has 0 saturated carbocycles. The molecule has 35 heavy (non-hydrogen) atoms. The zero-order valence-corrected chi connectivity index (χ0v) is 20.1. The van der Waals surface area contributed by atoms with Gasteiger partial charge in [0, 0.05) is 44.1 Å². The van der Waals surface area contributed by atoms with E-state index in [4.69, 9.17) is 9.47 Å². The summed E-state index contributed by atoms with van der Waals surface area (Å²) in [5.74, 6) is 0.307. The molecule has 1 aliphatic heterocycles. The molecule has 0 radical (unpaired) electrons. The largest absolute Gasteiger partial charge is 0.493 e. The highest BCUT2D eigenvalue weighted by Gasteiger charge is 2.34. The van der Waals surface area contributed by atoms with Crippen LogP contribution >= 0.6 is 0 Å². The van der Waals surface area contributed by atoms with Crippen LogP contribution in [0.5, 0.6) is 5.75 Å². The maximum absolute atomic E-state index is 13.3. The third kappa shape index (κ3) is 6.07. The molecule has 1 atom stereocenters. The number of carbonyl (C=O) groups excluding carboxylic acids is 2. The van der Waals surface area contributed by atoms with Crippen molar-refractivity contribution in [3.05, 3.63) is 78.4 Å². The van der Waals surface area contributed by atoms with E-state index < -0.39 is 6.04 Å². The highest BCUT2D eigenvalue weighted by molar-refractivity contribution is 6.07. The lowest BCUT2D eigenvalue weighted by Crippen LogP contribution is -2.59. The van der Waals surface area contributed by atoms with Gasteiger partial charge in [-0.15, -0.1) is 0 Å². The SMILES string of the molecule is COCCCOc1cc(NC(=O)C2CNCC(=O)N2c2cccc(-c3ccccc3)c2)ccc1C. The first-order valence-corrected chi connectivity index (χ1v) is 11.8. The Bertz CT molecular complexity index is 1170.